The van der Waals surface area contributed by atoms with Crippen molar-refractivity contribution in [1.29, 1.82) is 0 Å². The highest BCUT2D eigenvalue weighted by Crippen LogP contribution is 2.17. The summed E-state index contributed by atoms with van der Waals surface area (Å²) in [4.78, 5) is 16.5. The molecule has 0 aliphatic heterocycles. The molecule has 29 heavy (non-hydrogen) atoms. The van der Waals surface area contributed by atoms with Gasteiger partial charge in [-0.1, -0.05) is 36.4 Å². The second-order valence-electron chi connectivity index (χ2n) is 6.31. The van der Waals surface area contributed by atoms with Crippen LogP contribution in [0.15, 0.2) is 59.6 Å². The molecule has 0 radical (unpaired) electrons. The van der Waals surface area contributed by atoms with Gasteiger partial charge in [0.2, 0.25) is 5.91 Å². The molecule has 0 unspecified atom stereocenters. The quantitative estimate of drug-likeness (QED) is 0.308. The highest BCUT2D eigenvalue weighted by molar-refractivity contribution is 5.95. The fraction of sp³-hybridized carbons (Fsp3) is 0.364. The van der Waals surface area contributed by atoms with Crippen molar-refractivity contribution >= 4 is 17.6 Å². The molecule has 7 heteroatoms. The lowest BCUT2D eigenvalue weighted by molar-refractivity contribution is -0.119. The number of hydrogen-bond acceptors (Lipinski definition) is 4. The van der Waals surface area contributed by atoms with E-state index in [2.05, 4.69) is 20.9 Å². The Morgan fingerprint density at radius 3 is 2.62 bits per heavy atom. The second kappa shape index (κ2) is 13.2. The largest absolute Gasteiger partial charge is 0.493 e. The van der Waals surface area contributed by atoms with Crippen LogP contribution >= 0.6 is 0 Å². The summed E-state index contributed by atoms with van der Waals surface area (Å²) < 4.78 is 10.7. The van der Waals surface area contributed by atoms with Gasteiger partial charge in [-0.3, -0.25) is 4.79 Å². The third-order valence-corrected chi connectivity index (χ3v) is 3.92. The van der Waals surface area contributed by atoms with E-state index in [4.69, 9.17) is 9.47 Å². The second-order valence-corrected chi connectivity index (χ2v) is 6.31. The van der Waals surface area contributed by atoms with Crippen molar-refractivity contribution in [1.82, 2.24) is 10.6 Å². The van der Waals surface area contributed by atoms with Crippen LogP contribution in [0, 0.1) is 0 Å². The first-order valence-electron chi connectivity index (χ1n) is 9.79. The van der Waals surface area contributed by atoms with Crippen LogP contribution in [-0.4, -0.2) is 45.3 Å². The first-order chi connectivity index (χ1) is 14.2. The van der Waals surface area contributed by atoms with Crippen LogP contribution < -0.4 is 20.7 Å². The minimum atomic E-state index is -0.138. The topological polar surface area (TPSA) is 84.0 Å². The van der Waals surface area contributed by atoms with Crippen LogP contribution in [0.25, 0.3) is 0 Å². The van der Waals surface area contributed by atoms with Crippen LogP contribution in [0.4, 0.5) is 5.69 Å². The number of rotatable bonds is 11. The average molecular weight is 399 g/mol. The van der Waals surface area contributed by atoms with Crippen LogP contribution in [0.1, 0.15) is 18.9 Å². The molecule has 0 aliphatic rings. The summed E-state index contributed by atoms with van der Waals surface area (Å²) in [5.41, 5.74) is 1.89. The number of carbonyl (C=O) groups is 1. The van der Waals surface area contributed by atoms with Gasteiger partial charge in [-0.05, 0) is 24.6 Å². The van der Waals surface area contributed by atoms with Gasteiger partial charge < -0.3 is 25.4 Å². The summed E-state index contributed by atoms with van der Waals surface area (Å²) in [5, 5.41) is 9.22. The van der Waals surface area contributed by atoms with E-state index in [1.54, 1.807) is 7.11 Å². The molecule has 0 heterocycles. The summed E-state index contributed by atoms with van der Waals surface area (Å²) in [7, 11) is 1.67. The van der Waals surface area contributed by atoms with Crippen LogP contribution in [0.2, 0.25) is 0 Å². The maximum absolute atomic E-state index is 12.1. The van der Waals surface area contributed by atoms with Gasteiger partial charge in [0.25, 0.3) is 0 Å². The lowest BCUT2D eigenvalue weighted by atomic mass is 10.2. The Balaban J connectivity index is 1.87. The van der Waals surface area contributed by atoms with E-state index >= 15 is 0 Å². The molecule has 7 nitrogen and oxygen atoms in total. The molecule has 0 spiro atoms. The summed E-state index contributed by atoms with van der Waals surface area (Å²) in [6.45, 7) is 4.44. The number of amides is 1. The van der Waals surface area contributed by atoms with E-state index in [1.165, 1.54) is 0 Å². The van der Waals surface area contributed by atoms with E-state index < -0.39 is 0 Å². The zero-order chi connectivity index (χ0) is 20.7. The van der Waals surface area contributed by atoms with Crippen molar-refractivity contribution < 1.29 is 14.3 Å². The SMILES string of the molecule is CCNC(=NCC(=O)NCc1ccccc1)Nc1cccc(OCCCOC)c1. The fourth-order valence-corrected chi connectivity index (χ4v) is 2.50. The standard InChI is InChI=1S/C22H30N4O3/c1-3-23-22(25-17-21(27)24-16-18-9-5-4-6-10-18)26-19-11-7-12-20(15-19)29-14-8-13-28-2/h4-7,9-12,15H,3,8,13-14,16-17H2,1-2H3,(H,24,27)(H2,23,25,26). The van der Waals surface area contributed by atoms with E-state index in [0.717, 1.165) is 23.4 Å². The van der Waals surface area contributed by atoms with E-state index in [-0.39, 0.29) is 12.5 Å². The Hall–Kier alpha value is -3.06. The number of carbonyl (C=O) groups excluding carboxylic acids is 1. The zero-order valence-corrected chi connectivity index (χ0v) is 17.1. The molecule has 1 amide bonds. The number of ether oxygens (including phenoxy) is 2. The van der Waals surface area contributed by atoms with Gasteiger partial charge in [-0.2, -0.15) is 0 Å². The Kier molecular flexibility index (Phi) is 10.1. The minimum Gasteiger partial charge on any atom is -0.493 e. The number of anilines is 1. The smallest absolute Gasteiger partial charge is 0.242 e. The molecule has 0 saturated heterocycles. The van der Waals surface area contributed by atoms with Crippen LogP contribution in [0.5, 0.6) is 5.75 Å². The van der Waals surface area contributed by atoms with E-state index in [0.29, 0.717) is 32.3 Å². The van der Waals surface area contributed by atoms with Crippen molar-refractivity contribution in [2.24, 2.45) is 4.99 Å². The monoisotopic (exact) mass is 398 g/mol. The number of aliphatic imine (C=N–C) groups is 1. The lowest BCUT2D eigenvalue weighted by Crippen LogP contribution is -2.33. The lowest BCUT2D eigenvalue weighted by Gasteiger charge is -2.13. The molecule has 0 bridgehead atoms. The Labute approximate surface area is 172 Å². The molecule has 0 atom stereocenters. The van der Waals surface area contributed by atoms with Gasteiger partial charge in [0, 0.05) is 45.0 Å². The molecule has 2 aromatic carbocycles. The molecule has 156 valence electrons. The first-order valence-corrected chi connectivity index (χ1v) is 9.79. The summed E-state index contributed by atoms with van der Waals surface area (Å²) in [5.74, 6) is 1.17. The Morgan fingerprint density at radius 1 is 1.03 bits per heavy atom. The average Bonchev–Trinajstić information content (AvgIpc) is 2.75. The van der Waals surface area contributed by atoms with Gasteiger partial charge in [0.1, 0.15) is 12.3 Å². The summed E-state index contributed by atoms with van der Waals surface area (Å²) >= 11 is 0. The predicted octanol–water partition coefficient (Wildman–Crippen LogP) is 2.80. The third kappa shape index (κ3) is 9.12. The van der Waals surface area contributed by atoms with Crippen molar-refractivity contribution in [3.8, 4) is 5.75 Å². The van der Waals surface area contributed by atoms with Gasteiger partial charge in [-0.25, -0.2) is 4.99 Å². The van der Waals surface area contributed by atoms with Crippen molar-refractivity contribution in [3.63, 3.8) is 0 Å². The van der Waals surface area contributed by atoms with E-state index in [9.17, 15) is 4.79 Å². The van der Waals surface area contributed by atoms with Crippen LogP contribution in [-0.2, 0) is 16.1 Å². The first kappa shape index (κ1) is 22.2. The normalized spacial score (nSPS) is 11.0. The molecule has 3 N–H and O–H groups in total. The van der Waals surface area contributed by atoms with Gasteiger partial charge in [0.05, 0.1) is 6.61 Å². The maximum atomic E-state index is 12.1. The number of guanidine groups is 1. The highest BCUT2D eigenvalue weighted by atomic mass is 16.5. The third-order valence-electron chi connectivity index (χ3n) is 3.92. The molecule has 2 aromatic rings. The van der Waals surface area contributed by atoms with Gasteiger partial charge in [0.15, 0.2) is 5.96 Å². The predicted molar refractivity (Wildman–Crippen MR) is 116 cm³/mol. The Morgan fingerprint density at radius 2 is 1.86 bits per heavy atom. The summed E-state index contributed by atoms with van der Waals surface area (Å²) in [6.07, 6.45) is 0.830. The van der Waals surface area contributed by atoms with Crippen molar-refractivity contribution in [2.75, 3.05) is 38.7 Å². The number of benzene rings is 2. The molecular weight excluding hydrogens is 368 g/mol. The number of hydrogen-bond donors (Lipinski definition) is 3. The summed E-state index contributed by atoms with van der Waals surface area (Å²) in [6, 6.07) is 17.4. The van der Waals surface area contributed by atoms with E-state index in [1.807, 2.05) is 61.5 Å². The molecule has 0 aliphatic carbocycles. The molecule has 0 fully saturated rings. The fourth-order valence-electron chi connectivity index (χ4n) is 2.50. The highest BCUT2D eigenvalue weighted by Gasteiger charge is 2.04. The van der Waals surface area contributed by atoms with Gasteiger partial charge in [-0.15, -0.1) is 0 Å². The number of nitrogens with zero attached hydrogens (tertiary/aromatic N) is 1. The van der Waals surface area contributed by atoms with Gasteiger partial charge >= 0.3 is 0 Å². The molecular formula is C22H30N4O3. The minimum absolute atomic E-state index is 0.0371. The molecule has 2 rings (SSSR count). The molecule has 0 aromatic heterocycles. The number of methoxy groups -OCH3 is 1. The maximum Gasteiger partial charge on any atom is 0.242 e. The Bertz CT molecular complexity index is 766. The number of nitrogens with one attached hydrogen (secondary N) is 3. The van der Waals surface area contributed by atoms with Crippen LogP contribution in [0.3, 0.4) is 0 Å². The van der Waals surface area contributed by atoms with Crippen molar-refractivity contribution in [2.45, 2.75) is 19.9 Å². The molecule has 0 saturated carbocycles. The zero-order valence-electron chi connectivity index (χ0n) is 17.1. The van der Waals surface area contributed by atoms with Crippen molar-refractivity contribution in [3.05, 3.63) is 60.2 Å².